The molecule has 21 heavy (non-hydrogen) atoms. The van der Waals surface area contributed by atoms with Crippen molar-refractivity contribution >= 4 is 5.69 Å². The fourth-order valence-corrected chi connectivity index (χ4v) is 1.61. The summed E-state index contributed by atoms with van der Waals surface area (Å²) in [6, 6.07) is 4.91. The summed E-state index contributed by atoms with van der Waals surface area (Å²) in [6.45, 7) is 1.19. The van der Waals surface area contributed by atoms with Gasteiger partial charge >= 0.3 is 6.18 Å². The predicted octanol–water partition coefficient (Wildman–Crippen LogP) is 3.34. The molecular weight excluding hydrogens is 283 g/mol. The standard InChI is InChI=1S/C14H14F3N3O/c1-10-4-5-18-6-11(10)7-19-12-2-3-13(20-8-12)21-9-14(15,16)17/h2-6,8,19H,7,9H2,1H3. The van der Waals surface area contributed by atoms with Crippen LogP contribution in [0.4, 0.5) is 18.9 Å². The van der Waals surface area contributed by atoms with Crippen LogP contribution in [0.25, 0.3) is 0 Å². The Morgan fingerprint density at radius 2 is 2.00 bits per heavy atom. The molecular formula is C14H14F3N3O. The molecule has 4 nitrogen and oxygen atoms in total. The third-order valence-electron chi connectivity index (χ3n) is 2.75. The van der Waals surface area contributed by atoms with Gasteiger partial charge in [0, 0.05) is 25.0 Å². The van der Waals surface area contributed by atoms with Crippen LogP contribution in [-0.4, -0.2) is 22.8 Å². The van der Waals surface area contributed by atoms with Crippen molar-refractivity contribution in [3.05, 3.63) is 47.9 Å². The van der Waals surface area contributed by atoms with E-state index in [2.05, 4.69) is 20.0 Å². The molecule has 2 rings (SSSR count). The molecule has 0 unspecified atom stereocenters. The van der Waals surface area contributed by atoms with Crippen molar-refractivity contribution in [3.63, 3.8) is 0 Å². The molecule has 0 aliphatic heterocycles. The molecule has 0 aliphatic carbocycles. The SMILES string of the molecule is Cc1ccncc1CNc1ccc(OCC(F)(F)F)nc1. The first-order valence-electron chi connectivity index (χ1n) is 6.23. The molecule has 112 valence electrons. The van der Waals surface area contributed by atoms with Crippen LogP contribution in [0, 0.1) is 6.92 Å². The molecule has 0 amide bonds. The van der Waals surface area contributed by atoms with Crippen LogP contribution < -0.4 is 10.1 Å². The van der Waals surface area contributed by atoms with Gasteiger partial charge in [-0.05, 0) is 30.2 Å². The molecule has 0 bridgehead atoms. The van der Waals surface area contributed by atoms with Gasteiger partial charge in [-0.15, -0.1) is 0 Å². The summed E-state index contributed by atoms with van der Waals surface area (Å²) in [5.74, 6) is -0.0598. The third-order valence-corrected chi connectivity index (χ3v) is 2.75. The monoisotopic (exact) mass is 297 g/mol. The number of aromatic nitrogens is 2. The molecule has 1 N–H and O–H groups in total. The molecule has 0 spiro atoms. The first kappa shape index (κ1) is 15.1. The van der Waals surface area contributed by atoms with Crippen LogP contribution in [0.3, 0.4) is 0 Å². The summed E-state index contributed by atoms with van der Waals surface area (Å²) in [5.41, 5.74) is 2.84. The smallest absolute Gasteiger partial charge is 0.422 e. The number of ether oxygens (including phenoxy) is 1. The molecule has 2 heterocycles. The van der Waals surface area contributed by atoms with Crippen molar-refractivity contribution in [1.82, 2.24) is 9.97 Å². The molecule has 0 saturated carbocycles. The average Bonchev–Trinajstić information content (AvgIpc) is 2.45. The summed E-state index contributed by atoms with van der Waals surface area (Å²) in [4.78, 5) is 7.85. The number of aryl methyl sites for hydroxylation is 1. The summed E-state index contributed by atoms with van der Waals surface area (Å²) < 4.78 is 40.5. The van der Waals surface area contributed by atoms with Gasteiger partial charge in [0.05, 0.1) is 11.9 Å². The van der Waals surface area contributed by atoms with Gasteiger partial charge in [-0.3, -0.25) is 4.98 Å². The lowest BCUT2D eigenvalue weighted by Gasteiger charge is -2.10. The lowest BCUT2D eigenvalue weighted by molar-refractivity contribution is -0.154. The zero-order valence-electron chi connectivity index (χ0n) is 11.3. The van der Waals surface area contributed by atoms with E-state index in [9.17, 15) is 13.2 Å². The van der Waals surface area contributed by atoms with Gasteiger partial charge in [0.1, 0.15) is 0 Å². The van der Waals surface area contributed by atoms with Crippen molar-refractivity contribution in [2.75, 3.05) is 11.9 Å². The van der Waals surface area contributed by atoms with Crippen LogP contribution in [0.2, 0.25) is 0 Å². The Bertz CT molecular complexity index is 585. The maximum absolute atomic E-state index is 12.0. The number of pyridine rings is 2. The first-order valence-corrected chi connectivity index (χ1v) is 6.23. The number of hydrogen-bond acceptors (Lipinski definition) is 4. The van der Waals surface area contributed by atoms with Crippen molar-refractivity contribution in [2.24, 2.45) is 0 Å². The molecule has 2 aromatic heterocycles. The van der Waals surface area contributed by atoms with Crippen LogP contribution in [-0.2, 0) is 6.54 Å². The maximum Gasteiger partial charge on any atom is 0.422 e. The van der Waals surface area contributed by atoms with E-state index >= 15 is 0 Å². The molecule has 0 aliphatic rings. The Labute approximate surface area is 120 Å². The Balaban J connectivity index is 1.89. The van der Waals surface area contributed by atoms with E-state index in [1.807, 2.05) is 13.0 Å². The zero-order chi connectivity index (χ0) is 15.3. The van der Waals surface area contributed by atoms with Crippen molar-refractivity contribution in [2.45, 2.75) is 19.6 Å². The molecule has 0 aromatic carbocycles. The highest BCUT2D eigenvalue weighted by Crippen LogP contribution is 2.18. The van der Waals surface area contributed by atoms with Crippen LogP contribution in [0.5, 0.6) is 5.88 Å². The quantitative estimate of drug-likeness (QED) is 0.919. The van der Waals surface area contributed by atoms with E-state index in [0.29, 0.717) is 12.2 Å². The van der Waals surface area contributed by atoms with E-state index in [0.717, 1.165) is 11.1 Å². The molecule has 7 heteroatoms. The number of hydrogen-bond donors (Lipinski definition) is 1. The van der Waals surface area contributed by atoms with Crippen molar-refractivity contribution < 1.29 is 17.9 Å². The second-order valence-corrected chi connectivity index (χ2v) is 4.44. The van der Waals surface area contributed by atoms with E-state index in [4.69, 9.17) is 0 Å². The Hall–Kier alpha value is -2.31. The largest absolute Gasteiger partial charge is 0.468 e. The fraction of sp³-hybridized carbons (Fsp3) is 0.286. The maximum atomic E-state index is 12.0. The number of nitrogens with zero attached hydrogens (tertiary/aromatic N) is 2. The zero-order valence-corrected chi connectivity index (χ0v) is 11.3. The Morgan fingerprint density at radius 3 is 2.62 bits per heavy atom. The van der Waals surface area contributed by atoms with Gasteiger partial charge < -0.3 is 10.1 Å². The molecule has 0 atom stereocenters. The highest BCUT2D eigenvalue weighted by molar-refractivity contribution is 5.43. The molecule has 0 radical (unpaired) electrons. The summed E-state index contributed by atoms with van der Waals surface area (Å²) in [7, 11) is 0. The van der Waals surface area contributed by atoms with Crippen molar-refractivity contribution in [1.29, 1.82) is 0 Å². The second kappa shape index (κ2) is 6.43. The second-order valence-electron chi connectivity index (χ2n) is 4.44. The van der Waals surface area contributed by atoms with Gasteiger partial charge in [0.2, 0.25) is 5.88 Å². The lowest BCUT2D eigenvalue weighted by atomic mass is 10.1. The van der Waals surface area contributed by atoms with Gasteiger partial charge in [0.25, 0.3) is 0 Å². The van der Waals surface area contributed by atoms with Gasteiger partial charge in [-0.25, -0.2) is 4.98 Å². The number of anilines is 1. The van der Waals surface area contributed by atoms with Crippen LogP contribution in [0.15, 0.2) is 36.8 Å². The lowest BCUT2D eigenvalue weighted by Crippen LogP contribution is -2.19. The molecule has 0 saturated heterocycles. The normalized spacial score (nSPS) is 11.2. The van der Waals surface area contributed by atoms with Gasteiger partial charge in [-0.1, -0.05) is 0 Å². The summed E-state index contributed by atoms with van der Waals surface area (Å²) in [5, 5.41) is 3.12. The minimum Gasteiger partial charge on any atom is -0.468 e. The van der Waals surface area contributed by atoms with E-state index in [1.54, 1.807) is 18.5 Å². The predicted molar refractivity (Wildman–Crippen MR) is 72.1 cm³/mol. The molecule has 2 aromatic rings. The topological polar surface area (TPSA) is 47.0 Å². The summed E-state index contributed by atoms with van der Waals surface area (Å²) >= 11 is 0. The van der Waals surface area contributed by atoms with E-state index < -0.39 is 12.8 Å². The number of alkyl halides is 3. The number of rotatable bonds is 5. The minimum absolute atomic E-state index is 0.0598. The van der Waals surface area contributed by atoms with E-state index in [1.165, 1.54) is 12.3 Å². The first-order chi connectivity index (χ1) is 9.94. The fourth-order valence-electron chi connectivity index (χ4n) is 1.61. The van der Waals surface area contributed by atoms with Gasteiger partial charge in [0.15, 0.2) is 6.61 Å². The molecule has 0 fully saturated rings. The Morgan fingerprint density at radius 1 is 1.19 bits per heavy atom. The summed E-state index contributed by atoms with van der Waals surface area (Å²) in [6.07, 6.45) is 0.539. The van der Waals surface area contributed by atoms with E-state index in [-0.39, 0.29) is 5.88 Å². The highest BCUT2D eigenvalue weighted by Gasteiger charge is 2.28. The van der Waals surface area contributed by atoms with Gasteiger partial charge in [-0.2, -0.15) is 13.2 Å². The Kier molecular flexibility index (Phi) is 4.62. The highest BCUT2D eigenvalue weighted by atomic mass is 19.4. The van der Waals surface area contributed by atoms with Crippen LogP contribution >= 0.6 is 0 Å². The number of nitrogens with one attached hydrogen (secondary N) is 1. The van der Waals surface area contributed by atoms with Crippen LogP contribution in [0.1, 0.15) is 11.1 Å². The number of halogens is 3. The third kappa shape index (κ3) is 4.94. The average molecular weight is 297 g/mol. The van der Waals surface area contributed by atoms with Crippen molar-refractivity contribution in [3.8, 4) is 5.88 Å². The minimum atomic E-state index is -4.36.